The van der Waals surface area contributed by atoms with Gasteiger partial charge in [0.15, 0.2) is 0 Å². The Hall–Kier alpha value is -1.30. The molecule has 16 heavy (non-hydrogen) atoms. The van der Waals surface area contributed by atoms with Gasteiger partial charge in [-0.15, -0.1) is 0 Å². The van der Waals surface area contributed by atoms with Crippen LogP contribution in [0.5, 0.6) is 5.88 Å². The van der Waals surface area contributed by atoms with Crippen molar-refractivity contribution in [1.29, 1.82) is 0 Å². The number of aromatic nitrogens is 1. The molecule has 3 nitrogen and oxygen atoms in total. The third-order valence-corrected chi connectivity index (χ3v) is 2.16. The summed E-state index contributed by atoms with van der Waals surface area (Å²) in [4.78, 5) is 14.5. The Morgan fingerprint density at radius 3 is 2.69 bits per heavy atom. The molecule has 0 unspecified atom stereocenters. The molecule has 0 aliphatic carbocycles. The van der Waals surface area contributed by atoms with Gasteiger partial charge < -0.3 is 4.74 Å². The van der Waals surface area contributed by atoms with Crippen LogP contribution in [-0.4, -0.2) is 24.1 Å². The Kier molecular flexibility index (Phi) is 3.74. The van der Waals surface area contributed by atoms with E-state index in [1.807, 2.05) is 0 Å². The predicted molar refractivity (Wildman–Crippen MR) is 50.6 cm³/mol. The number of ketones is 1. The molecule has 7 heteroatoms. The smallest absolute Gasteiger partial charge is 0.450 e. The molecule has 0 amide bonds. The summed E-state index contributed by atoms with van der Waals surface area (Å²) in [5.74, 6) is -1.97. The lowest BCUT2D eigenvalue weighted by Crippen LogP contribution is -2.25. The number of pyridine rings is 1. The Balaban J connectivity index is 3.01. The number of halogens is 4. The van der Waals surface area contributed by atoms with Crippen molar-refractivity contribution in [3.63, 3.8) is 0 Å². The van der Waals surface area contributed by atoms with E-state index in [2.05, 4.69) is 4.98 Å². The quantitative estimate of drug-likeness (QED) is 0.830. The Labute approximate surface area is 94.2 Å². The molecule has 0 atom stereocenters. The summed E-state index contributed by atoms with van der Waals surface area (Å²) in [6.07, 6.45) is -4.48. The molecule has 0 spiro atoms. The molecule has 0 N–H and O–H groups in total. The molecule has 0 radical (unpaired) electrons. The topological polar surface area (TPSA) is 39.2 Å². The van der Waals surface area contributed by atoms with E-state index in [9.17, 15) is 18.0 Å². The van der Waals surface area contributed by atoms with Crippen molar-refractivity contribution in [1.82, 2.24) is 4.98 Å². The molecule has 1 heterocycles. The summed E-state index contributed by atoms with van der Waals surface area (Å²) in [5.41, 5.74) is -0.0611. The monoisotopic (exact) mass is 253 g/mol. The maximum absolute atomic E-state index is 12.0. The van der Waals surface area contributed by atoms with E-state index in [0.29, 0.717) is 0 Å². The van der Waals surface area contributed by atoms with Crippen molar-refractivity contribution in [2.24, 2.45) is 0 Å². The summed E-state index contributed by atoms with van der Waals surface area (Å²) in [5, 5.41) is 0.0180. The number of Topliss-reactive ketones (excluding diaryl/α,β-unsaturated/α-hetero) is 1. The van der Waals surface area contributed by atoms with Crippen LogP contribution in [0.3, 0.4) is 0 Å². The SMILES string of the molecule is COc1nccc(Cl)c1CC(=O)C(F)(F)F. The highest BCUT2D eigenvalue weighted by Gasteiger charge is 2.38. The largest absolute Gasteiger partial charge is 0.481 e. The Morgan fingerprint density at radius 1 is 1.56 bits per heavy atom. The number of ether oxygens (including phenoxy) is 1. The lowest BCUT2D eigenvalue weighted by Gasteiger charge is -2.09. The maximum atomic E-state index is 12.0. The normalized spacial score (nSPS) is 11.3. The Bertz CT molecular complexity index is 406. The lowest BCUT2D eigenvalue weighted by molar-refractivity contribution is -0.170. The number of alkyl halides is 3. The fourth-order valence-corrected chi connectivity index (χ4v) is 1.25. The number of carbonyl (C=O) groups is 1. The summed E-state index contributed by atoms with van der Waals surface area (Å²) in [7, 11) is 1.24. The van der Waals surface area contributed by atoms with Gasteiger partial charge in [-0.05, 0) is 6.07 Å². The summed E-state index contributed by atoms with van der Waals surface area (Å²) in [6, 6.07) is 1.29. The van der Waals surface area contributed by atoms with Gasteiger partial charge in [-0.1, -0.05) is 11.6 Å². The molecule has 0 saturated carbocycles. The summed E-state index contributed by atoms with van der Waals surface area (Å²) >= 11 is 5.66. The molecule has 1 aromatic heterocycles. The summed E-state index contributed by atoms with van der Waals surface area (Å²) in [6.45, 7) is 0. The fraction of sp³-hybridized carbons (Fsp3) is 0.333. The van der Waals surface area contributed by atoms with Crippen molar-refractivity contribution in [3.05, 3.63) is 22.8 Å². The standard InChI is InChI=1S/C9H7ClF3NO2/c1-16-8-5(6(10)2-3-14-8)4-7(15)9(11,12)13/h2-3H,4H2,1H3. The van der Waals surface area contributed by atoms with Crippen molar-refractivity contribution in [2.45, 2.75) is 12.6 Å². The second-order valence-electron chi connectivity index (χ2n) is 2.88. The van der Waals surface area contributed by atoms with Gasteiger partial charge in [0.25, 0.3) is 0 Å². The van der Waals surface area contributed by atoms with Crippen molar-refractivity contribution in [3.8, 4) is 5.88 Å². The number of methoxy groups -OCH3 is 1. The average molecular weight is 254 g/mol. The molecule has 0 bridgehead atoms. The first kappa shape index (κ1) is 12.8. The van der Waals surface area contributed by atoms with Gasteiger partial charge in [0.05, 0.1) is 12.1 Å². The van der Waals surface area contributed by atoms with E-state index in [0.717, 1.165) is 0 Å². The highest BCUT2D eigenvalue weighted by Crippen LogP contribution is 2.27. The molecule has 1 aromatic rings. The lowest BCUT2D eigenvalue weighted by atomic mass is 10.1. The van der Waals surface area contributed by atoms with Crippen LogP contribution in [-0.2, 0) is 11.2 Å². The first-order valence-electron chi connectivity index (χ1n) is 4.13. The van der Waals surface area contributed by atoms with E-state index >= 15 is 0 Å². The Morgan fingerprint density at radius 2 is 2.19 bits per heavy atom. The van der Waals surface area contributed by atoms with Crippen molar-refractivity contribution >= 4 is 17.4 Å². The predicted octanol–water partition coefficient (Wildman–Crippen LogP) is 2.42. The number of nitrogens with zero attached hydrogens (tertiary/aromatic N) is 1. The van der Waals surface area contributed by atoms with Gasteiger partial charge in [0.2, 0.25) is 11.7 Å². The van der Waals surface area contributed by atoms with Gasteiger partial charge in [-0.3, -0.25) is 4.79 Å². The molecule has 88 valence electrons. The third kappa shape index (κ3) is 2.85. The minimum absolute atomic E-state index is 0.0180. The highest BCUT2D eigenvalue weighted by atomic mass is 35.5. The summed E-state index contributed by atoms with van der Waals surface area (Å²) < 4.78 is 40.9. The van der Waals surface area contributed by atoms with E-state index in [1.54, 1.807) is 0 Å². The van der Waals surface area contributed by atoms with Gasteiger partial charge in [0.1, 0.15) is 0 Å². The van der Waals surface area contributed by atoms with E-state index in [4.69, 9.17) is 16.3 Å². The average Bonchev–Trinajstić information content (AvgIpc) is 2.19. The van der Waals surface area contributed by atoms with Crippen LogP contribution < -0.4 is 4.74 Å². The number of hydrogen-bond donors (Lipinski definition) is 0. The zero-order valence-electron chi connectivity index (χ0n) is 8.14. The molecule has 1 rings (SSSR count). The minimum atomic E-state index is -4.88. The highest BCUT2D eigenvalue weighted by molar-refractivity contribution is 6.31. The van der Waals surface area contributed by atoms with Gasteiger partial charge in [0, 0.05) is 18.2 Å². The molecule has 0 saturated heterocycles. The molecule has 0 aliphatic rings. The molecular formula is C9H7ClF3NO2. The van der Waals surface area contributed by atoms with Crippen LogP contribution in [0.25, 0.3) is 0 Å². The first-order valence-corrected chi connectivity index (χ1v) is 4.51. The van der Waals surface area contributed by atoms with E-state index < -0.39 is 18.4 Å². The third-order valence-electron chi connectivity index (χ3n) is 1.81. The van der Waals surface area contributed by atoms with Gasteiger partial charge in [-0.2, -0.15) is 13.2 Å². The number of carbonyl (C=O) groups excluding carboxylic acids is 1. The van der Waals surface area contributed by atoms with Crippen molar-refractivity contribution < 1.29 is 22.7 Å². The van der Waals surface area contributed by atoms with Gasteiger partial charge >= 0.3 is 6.18 Å². The molecule has 0 fully saturated rings. The fourth-order valence-electron chi connectivity index (χ4n) is 1.05. The van der Waals surface area contributed by atoms with Crippen LogP contribution in [0.2, 0.25) is 5.02 Å². The van der Waals surface area contributed by atoms with Crippen LogP contribution in [0.1, 0.15) is 5.56 Å². The first-order chi connectivity index (χ1) is 7.36. The molecular weight excluding hydrogens is 247 g/mol. The number of hydrogen-bond acceptors (Lipinski definition) is 3. The zero-order valence-corrected chi connectivity index (χ0v) is 8.89. The number of rotatable bonds is 3. The molecule has 0 aliphatic heterocycles. The second-order valence-corrected chi connectivity index (χ2v) is 3.29. The van der Waals surface area contributed by atoms with E-state index in [1.165, 1.54) is 19.4 Å². The maximum Gasteiger partial charge on any atom is 0.450 e. The van der Waals surface area contributed by atoms with Gasteiger partial charge in [-0.25, -0.2) is 4.98 Å². The van der Waals surface area contributed by atoms with Crippen LogP contribution >= 0.6 is 11.6 Å². The van der Waals surface area contributed by atoms with E-state index in [-0.39, 0.29) is 16.5 Å². The van der Waals surface area contributed by atoms with Crippen molar-refractivity contribution in [2.75, 3.05) is 7.11 Å². The zero-order chi connectivity index (χ0) is 12.3. The second kappa shape index (κ2) is 4.69. The van der Waals surface area contributed by atoms with Crippen LogP contribution in [0, 0.1) is 0 Å². The van der Waals surface area contributed by atoms with Crippen LogP contribution in [0.4, 0.5) is 13.2 Å². The minimum Gasteiger partial charge on any atom is -0.481 e. The molecule has 0 aromatic carbocycles. The van der Waals surface area contributed by atoms with Crippen LogP contribution in [0.15, 0.2) is 12.3 Å².